The quantitative estimate of drug-likeness (QED) is 0.501. The van der Waals surface area contributed by atoms with Gasteiger partial charge in [0.1, 0.15) is 0 Å². The van der Waals surface area contributed by atoms with Crippen LogP contribution in [0.3, 0.4) is 0 Å². The van der Waals surface area contributed by atoms with Gasteiger partial charge in [-0.25, -0.2) is 0 Å². The maximum absolute atomic E-state index is 13.6. The molecule has 0 bridgehead atoms. The highest BCUT2D eigenvalue weighted by Gasteiger charge is 2.35. The Balaban J connectivity index is 1.47. The average Bonchev–Trinajstić information content (AvgIpc) is 3.51. The van der Waals surface area contributed by atoms with Crippen LogP contribution in [-0.4, -0.2) is 66.2 Å². The van der Waals surface area contributed by atoms with Gasteiger partial charge >= 0.3 is 0 Å². The second-order valence-corrected chi connectivity index (χ2v) is 9.87. The molecule has 0 unspecified atom stereocenters. The van der Waals surface area contributed by atoms with Crippen molar-refractivity contribution in [3.8, 4) is 0 Å². The summed E-state index contributed by atoms with van der Waals surface area (Å²) in [6.45, 7) is 4.87. The van der Waals surface area contributed by atoms with Gasteiger partial charge < -0.3 is 19.1 Å². The van der Waals surface area contributed by atoms with Gasteiger partial charge in [-0.15, -0.1) is 0 Å². The topological polar surface area (TPSA) is 37.7 Å². The summed E-state index contributed by atoms with van der Waals surface area (Å²) in [6.07, 6.45) is 12.0. The van der Waals surface area contributed by atoms with Crippen molar-refractivity contribution in [1.29, 1.82) is 0 Å². The Labute approximate surface area is 191 Å². The summed E-state index contributed by atoms with van der Waals surface area (Å²) in [5.74, 6) is 0.876. The van der Waals surface area contributed by atoms with E-state index in [-0.39, 0.29) is 11.9 Å². The first-order chi connectivity index (χ1) is 15.3. The molecule has 2 aromatic rings. The lowest BCUT2D eigenvalue weighted by atomic mass is 9.83. The standard InChI is InChI=1S/C25H37N3O2S/c1-30-16-7-15-28(19-21-8-6-14-26-11-3-2-9-23(21)26)25(29)18-24(22-10-17-31-20-22)27-12-4-5-13-27/h4-5,10,12-13,17,20-21,23-24H,2-3,6-9,11,14-16,18-19H2,1H3/t21-,23+,24-/m0/s1. The highest BCUT2D eigenvalue weighted by Crippen LogP contribution is 2.32. The van der Waals surface area contributed by atoms with Crippen LogP contribution in [0.4, 0.5) is 0 Å². The molecule has 1 amide bonds. The second kappa shape index (κ2) is 11.3. The third-order valence-corrected chi connectivity index (χ3v) is 7.80. The van der Waals surface area contributed by atoms with Crippen molar-refractivity contribution in [2.24, 2.45) is 5.92 Å². The van der Waals surface area contributed by atoms with E-state index in [1.165, 1.54) is 50.8 Å². The van der Waals surface area contributed by atoms with Crippen molar-refractivity contribution in [2.45, 2.75) is 57.0 Å². The molecule has 2 aliphatic heterocycles. The number of aromatic nitrogens is 1. The SMILES string of the molecule is COCCCN(C[C@@H]1CCCN2CCCC[C@H]12)C(=O)C[C@@H](c1ccsc1)n1cccc1. The number of thiophene rings is 1. The molecule has 0 aromatic carbocycles. The number of nitrogens with zero attached hydrogens (tertiary/aromatic N) is 3. The Morgan fingerprint density at radius 3 is 2.84 bits per heavy atom. The van der Waals surface area contributed by atoms with Crippen LogP contribution in [0.25, 0.3) is 0 Å². The molecule has 2 aliphatic rings. The third-order valence-electron chi connectivity index (χ3n) is 7.10. The predicted molar refractivity (Wildman–Crippen MR) is 127 cm³/mol. The van der Waals surface area contributed by atoms with Crippen LogP contribution in [0.1, 0.15) is 56.6 Å². The molecule has 0 N–H and O–H groups in total. The summed E-state index contributed by atoms with van der Waals surface area (Å²) in [5, 5.41) is 4.28. The molecular formula is C25H37N3O2S. The fourth-order valence-corrected chi connectivity index (χ4v) is 6.21. The van der Waals surface area contributed by atoms with E-state index in [1.54, 1.807) is 18.4 Å². The van der Waals surface area contributed by atoms with Crippen LogP contribution in [-0.2, 0) is 9.53 Å². The molecule has 2 saturated heterocycles. The monoisotopic (exact) mass is 443 g/mol. The molecule has 5 nitrogen and oxygen atoms in total. The number of amides is 1. The minimum Gasteiger partial charge on any atom is -0.385 e. The number of carbonyl (C=O) groups excluding carboxylic acids is 1. The maximum Gasteiger partial charge on any atom is 0.225 e. The zero-order valence-corrected chi connectivity index (χ0v) is 19.6. The third kappa shape index (κ3) is 5.79. The smallest absolute Gasteiger partial charge is 0.225 e. The van der Waals surface area contributed by atoms with E-state index in [1.807, 2.05) is 12.1 Å². The summed E-state index contributed by atoms with van der Waals surface area (Å²) in [5.41, 5.74) is 1.22. The fourth-order valence-electron chi connectivity index (χ4n) is 5.50. The molecule has 0 aliphatic carbocycles. The molecule has 170 valence electrons. The molecule has 6 heteroatoms. The summed E-state index contributed by atoms with van der Waals surface area (Å²) in [6, 6.07) is 6.96. The minimum absolute atomic E-state index is 0.0659. The van der Waals surface area contributed by atoms with Crippen LogP contribution < -0.4 is 0 Å². The van der Waals surface area contributed by atoms with Crippen molar-refractivity contribution < 1.29 is 9.53 Å². The molecule has 4 heterocycles. The molecule has 2 fully saturated rings. The van der Waals surface area contributed by atoms with Crippen LogP contribution in [0, 0.1) is 5.92 Å². The zero-order valence-electron chi connectivity index (χ0n) is 18.8. The van der Waals surface area contributed by atoms with Crippen LogP contribution in [0.2, 0.25) is 0 Å². The first-order valence-electron chi connectivity index (χ1n) is 11.9. The molecule has 0 radical (unpaired) electrons. The number of carbonyl (C=O) groups is 1. The lowest BCUT2D eigenvalue weighted by Crippen LogP contribution is -2.52. The lowest BCUT2D eigenvalue weighted by molar-refractivity contribution is -0.133. The van der Waals surface area contributed by atoms with E-state index in [0.717, 1.165) is 19.5 Å². The summed E-state index contributed by atoms with van der Waals surface area (Å²) >= 11 is 1.70. The number of fused-ring (bicyclic) bond motifs is 1. The Bertz CT molecular complexity index is 741. The number of ether oxygens (including phenoxy) is 1. The van der Waals surface area contributed by atoms with Gasteiger partial charge in [0.2, 0.25) is 5.91 Å². The number of piperidine rings is 2. The average molecular weight is 444 g/mol. The first-order valence-corrected chi connectivity index (χ1v) is 12.9. The predicted octanol–water partition coefficient (Wildman–Crippen LogP) is 4.66. The number of hydrogen-bond acceptors (Lipinski definition) is 4. The van der Waals surface area contributed by atoms with E-state index >= 15 is 0 Å². The Kier molecular flexibility index (Phi) is 8.22. The highest BCUT2D eigenvalue weighted by atomic mass is 32.1. The maximum atomic E-state index is 13.6. The molecule has 0 saturated carbocycles. The summed E-state index contributed by atoms with van der Waals surface area (Å²) < 4.78 is 7.48. The number of rotatable bonds is 10. The number of methoxy groups -OCH3 is 1. The largest absolute Gasteiger partial charge is 0.385 e. The summed E-state index contributed by atoms with van der Waals surface area (Å²) in [4.78, 5) is 18.5. The normalized spacial score (nSPS) is 22.7. The molecule has 0 spiro atoms. The van der Waals surface area contributed by atoms with Gasteiger partial charge in [0.15, 0.2) is 0 Å². The van der Waals surface area contributed by atoms with E-state index in [0.29, 0.717) is 25.0 Å². The van der Waals surface area contributed by atoms with E-state index in [9.17, 15) is 4.79 Å². The molecule has 31 heavy (non-hydrogen) atoms. The van der Waals surface area contributed by atoms with Crippen LogP contribution >= 0.6 is 11.3 Å². The van der Waals surface area contributed by atoms with Gasteiger partial charge in [-0.05, 0) is 85.6 Å². The van der Waals surface area contributed by atoms with Crippen LogP contribution in [0.5, 0.6) is 0 Å². The minimum atomic E-state index is 0.0659. The van der Waals surface area contributed by atoms with Gasteiger partial charge in [-0.1, -0.05) is 6.42 Å². The van der Waals surface area contributed by atoms with E-state index in [2.05, 4.69) is 43.6 Å². The number of hydrogen-bond donors (Lipinski definition) is 0. The molecular weight excluding hydrogens is 406 g/mol. The fraction of sp³-hybridized carbons (Fsp3) is 0.640. The molecule has 2 aromatic heterocycles. The van der Waals surface area contributed by atoms with Gasteiger partial charge in [0, 0.05) is 45.2 Å². The van der Waals surface area contributed by atoms with E-state index in [4.69, 9.17) is 4.74 Å². The Morgan fingerprint density at radius 2 is 2.06 bits per heavy atom. The zero-order chi connectivity index (χ0) is 21.5. The highest BCUT2D eigenvalue weighted by molar-refractivity contribution is 7.08. The van der Waals surface area contributed by atoms with Crippen molar-refractivity contribution >= 4 is 17.2 Å². The summed E-state index contributed by atoms with van der Waals surface area (Å²) in [7, 11) is 1.74. The Hall–Kier alpha value is -1.63. The molecule has 4 rings (SSSR count). The molecule has 3 atom stereocenters. The van der Waals surface area contributed by atoms with Crippen LogP contribution in [0.15, 0.2) is 41.4 Å². The lowest BCUT2D eigenvalue weighted by Gasteiger charge is -2.45. The van der Waals surface area contributed by atoms with Gasteiger partial charge in [0.25, 0.3) is 0 Å². The Morgan fingerprint density at radius 1 is 1.23 bits per heavy atom. The first kappa shape index (κ1) is 22.6. The van der Waals surface area contributed by atoms with E-state index < -0.39 is 0 Å². The van der Waals surface area contributed by atoms with Crippen molar-refractivity contribution in [2.75, 3.05) is 39.9 Å². The van der Waals surface area contributed by atoms with Crippen molar-refractivity contribution in [3.05, 3.63) is 46.9 Å². The van der Waals surface area contributed by atoms with Crippen molar-refractivity contribution in [1.82, 2.24) is 14.4 Å². The van der Waals surface area contributed by atoms with Crippen molar-refractivity contribution in [3.63, 3.8) is 0 Å². The van der Waals surface area contributed by atoms with Gasteiger partial charge in [-0.3, -0.25) is 4.79 Å². The second-order valence-electron chi connectivity index (χ2n) is 9.09. The van der Waals surface area contributed by atoms with Gasteiger partial charge in [0.05, 0.1) is 12.5 Å². The van der Waals surface area contributed by atoms with Gasteiger partial charge in [-0.2, -0.15) is 11.3 Å².